The number of rotatable bonds is 5. The molecule has 0 unspecified atom stereocenters. The number of alkyl halides is 2. The summed E-state index contributed by atoms with van der Waals surface area (Å²) in [5, 5.41) is 8.81. The molecule has 2 aromatic rings. The van der Waals surface area contributed by atoms with Crippen LogP contribution in [0.3, 0.4) is 0 Å². The van der Waals surface area contributed by atoms with E-state index in [1.54, 1.807) is 0 Å². The van der Waals surface area contributed by atoms with E-state index in [0.29, 0.717) is 11.1 Å². The molecule has 1 aliphatic rings. The maximum absolute atomic E-state index is 15.1. The van der Waals surface area contributed by atoms with Crippen LogP contribution in [0, 0.1) is 17.1 Å². The Labute approximate surface area is 171 Å². The molecule has 156 valence electrons. The Hall–Kier alpha value is -3.41. The number of amidine groups is 1. The summed E-state index contributed by atoms with van der Waals surface area (Å²) >= 11 is 0. The normalized spacial score (nSPS) is 24.3. The van der Waals surface area contributed by atoms with E-state index in [9.17, 15) is 13.6 Å². The highest BCUT2D eigenvalue weighted by Crippen LogP contribution is 2.39. The Bertz CT molecular complexity index is 1030. The molecule has 4 atom stereocenters. The first-order chi connectivity index (χ1) is 14.2. The van der Waals surface area contributed by atoms with Crippen molar-refractivity contribution < 1.29 is 22.7 Å². The van der Waals surface area contributed by atoms with E-state index in [0.717, 1.165) is 13.0 Å². The van der Waals surface area contributed by atoms with Gasteiger partial charge in [-0.2, -0.15) is 5.26 Å². The van der Waals surface area contributed by atoms with E-state index in [1.165, 1.54) is 37.4 Å². The Morgan fingerprint density at radius 2 is 2.13 bits per heavy atom. The summed E-state index contributed by atoms with van der Waals surface area (Å²) in [6.07, 6.45) is -4.12. The summed E-state index contributed by atoms with van der Waals surface area (Å²) in [5.41, 5.74) is 4.43. The smallest absolute Gasteiger partial charge is 0.283 e. The molecule has 6 nitrogen and oxygen atoms in total. The predicted molar refractivity (Wildman–Crippen MR) is 103 cm³/mol. The number of nitriles is 1. The number of Topliss-reactive ketones (excluding diaryl/α,β-unsaturated/α-hetero) is 1. The summed E-state index contributed by atoms with van der Waals surface area (Å²) in [6, 6.07) is 8.14. The van der Waals surface area contributed by atoms with Gasteiger partial charge in [0.1, 0.15) is 29.3 Å². The molecule has 1 aromatic carbocycles. The van der Waals surface area contributed by atoms with Crippen LogP contribution < -0.4 is 5.73 Å². The molecule has 0 saturated heterocycles. The summed E-state index contributed by atoms with van der Waals surface area (Å²) in [4.78, 5) is 20.4. The van der Waals surface area contributed by atoms with Crippen molar-refractivity contribution in [3.63, 3.8) is 0 Å². The average molecular weight is 416 g/mol. The lowest BCUT2D eigenvalue weighted by Gasteiger charge is -2.39. The lowest BCUT2D eigenvalue weighted by molar-refractivity contribution is -0.0230. The number of nitrogens with zero attached hydrogens (tertiary/aromatic N) is 3. The molecule has 0 fully saturated rings. The van der Waals surface area contributed by atoms with Crippen LogP contribution in [0.4, 0.5) is 13.2 Å². The molecule has 0 radical (unpaired) electrons. The van der Waals surface area contributed by atoms with Gasteiger partial charge >= 0.3 is 0 Å². The van der Waals surface area contributed by atoms with E-state index in [4.69, 9.17) is 15.7 Å². The standard InChI is InChI=1S/C21H19F3N4O2/c1-11(22)18-19(24)21(2,28-20(26)30-18)14-7-12(3-5-15(14)23)8-17(29)16-6-4-13(9-25)10-27-16/h3-7,10-11,18-19H,8H2,1-2H3,(H2,26,28)/t11-,18+,19-,21+/m0/s1. The summed E-state index contributed by atoms with van der Waals surface area (Å²) < 4.78 is 48.5. The maximum Gasteiger partial charge on any atom is 0.283 e. The van der Waals surface area contributed by atoms with Crippen LogP contribution in [0.1, 0.15) is 41.0 Å². The minimum absolute atomic E-state index is 0.133. The maximum atomic E-state index is 15.1. The summed E-state index contributed by atoms with van der Waals surface area (Å²) in [7, 11) is 0. The van der Waals surface area contributed by atoms with Gasteiger partial charge in [0.15, 0.2) is 18.1 Å². The molecule has 0 saturated carbocycles. The van der Waals surface area contributed by atoms with Gasteiger partial charge in [0.05, 0.1) is 5.56 Å². The summed E-state index contributed by atoms with van der Waals surface area (Å²) in [5.74, 6) is -1.14. The number of halogens is 3. The second-order valence-electron chi connectivity index (χ2n) is 7.22. The first-order valence-electron chi connectivity index (χ1n) is 9.14. The van der Waals surface area contributed by atoms with Gasteiger partial charge in [0.25, 0.3) is 6.02 Å². The molecule has 3 rings (SSSR count). The van der Waals surface area contributed by atoms with Crippen LogP contribution in [0.25, 0.3) is 0 Å². The van der Waals surface area contributed by atoms with Gasteiger partial charge in [0, 0.05) is 18.2 Å². The average Bonchev–Trinajstić information content (AvgIpc) is 2.71. The second-order valence-corrected chi connectivity index (χ2v) is 7.22. The van der Waals surface area contributed by atoms with Gasteiger partial charge in [-0.05, 0) is 43.7 Å². The summed E-state index contributed by atoms with van der Waals surface area (Å²) in [6.45, 7) is 2.42. The van der Waals surface area contributed by atoms with Crippen LogP contribution in [0.15, 0.2) is 41.5 Å². The highest BCUT2D eigenvalue weighted by molar-refractivity contribution is 5.95. The first kappa shape index (κ1) is 21.3. The van der Waals surface area contributed by atoms with E-state index < -0.39 is 35.8 Å². The molecular formula is C21H19F3N4O2. The molecule has 0 bridgehead atoms. The van der Waals surface area contributed by atoms with Gasteiger partial charge in [-0.25, -0.2) is 18.2 Å². The van der Waals surface area contributed by atoms with Gasteiger partial charge in [0.2, 0.25) is 0 Å². The molecule has 0 amide bonds. The fourth-order valence-electron chi connectivity index (χ4n) is 3.34. The van der Waals surface area contributed by atoms with Crippen molar-refractivity contribution in [1.82, 2.24) is 4.98 Å². The number of hydrogen-bond donors (Lipinski definition) is 1. The Morgan fingerprint density at radius 1 is 1.40 bits per heavy atom. The van der Waals surface area contributed by atoms with Gasteiger partial charge < -0.3 is 10.5 Å². The number of aliphatic imine (C=N–C) groups is 1. The van der Waals surface area contributed by atoms with E-state index in [-0.39, 0.29) is 23.5 Å². The van der Waals surface area contributed by atoms with Crippen molar-refractivity contribution in [3.8, 4) is 6.07 Å². The van der Waals surface area contributed by atoms with Gasteiger partial charge in [-0.1, -0.05) is 6.07 Å². The SMILES string of the molecule is C[C@H](F)[C@H]1OC(N)=N[C@](C)(c2cc(CC(=O)c3ccc(C#N)cn3)ccc2F)[C@H]1F. The fraction of sp³-hybridized carbons (Fsp3) is 0.333. The molecule has 2 N–H and O–H groups in total. The molecule has 2 heterocycles. The number of carbonyl (C=O) groups excluding carboxylic acids is 1. The van der Waals surface area contributed by atoms with Crippen LogP contribution in [0.2, 0.25) is 0 Å². The lowest BCUT2D eigenvalue weighted by Crippen LogP contribution is -2.52. The van der Waals surface area contributed by atoms with E-state index >= 15 is 4.39 Å². The quantitative estimate of drug-likeness (QED) is 0.755. The number of aromatic nitrogens is 1. The molecule has 30 heavy (non-hydrogen) atoms. The zero-order chi connectivity index (χ0) is 22.1. The Kier molecular flexibility index (Phi) is 5.78. The molecular weight excluding hydrogens is 397 g/mol. The lowest BCUT2D eigenvalue weighted by atomic mass is 9.82. The van der Waals surface area contributed by atoms with Crippen molar-refractivity contribution in [3.05, 3.63) is 64.7 Å². The number of ether oxygens (including phenoxy) is 1. The van der Waals surface area contributed by atoms with Crippen LogP contribution >= 0.6 is 0 Å². The molecule has 1 aliphatic heterocycles. The zero-order valence-electron chi connectivity index (χ0n) is 16.3. The minimum atomic E-state index is -2.01. The first-order valence-corrected chi connectivity index (χ1v) is 9.14. The largest absolute Gasteiger partial charge is 0.456 e. The van der Waals surface area contributed by atoms with Crippen molar-refractivity contribution >= 4 is 11.8 Å². The molecule has 0 spiro atoms. The third-order valence-corrected chi connectivity index (χ3v) is 5.00. The number of carbonyl (C=O) groups is 1. The fourth-order valence-corrected chi connectivity index (χ4v) is 3.34. The zero-order valence-corrected chi connectivity index (χ0v) is 16.3. The third kappa shape index (κ3) is 3.99. The molecule has 0 aliphatic carbocycles. The molecule has 1 aromatic heterocycles. The highest BCUT2D eigenvalue weighted by Gasteiger charge is 2.49. The highest BCUT2D eigenvalue weighted by atomic mass is 19.1. The Morgan fingerprint density at radius 3 is 2.73 bits per heavy atom. The number of hydrogen-bond acceptors (Lipinski definition) is 6. The van der Waals surface area contributed by atoms with E-state index in [1.807, 2.05) is 6.07 Å². The molecule has 9 heteroatoms. The Balaban J connectivity index is 1.94. The second kappa shape index (κ2) is 8.14. The van der Waals surface area contributed by atoms with E-state index in [2.05, 4.69) is 9.98 Å². The number of ketones is 1. The van der Waals surface area contributed by atoms with Crippen molar-refractivity contribution in [2.45, 2.75) is 44.3 Å². The van der Waals surface area contributed by atoms with Crippen LogP contribution in [-0.2, 0) is 16.7 Å². The van der Waals surface area contributed by atoms with Crippen LogP contribution in [0.5, 0.6) is 0 Å². The van der Waals surface area contributed by atoms with Crippen molar-refractivity contribution in [2.75, 3.05) is 0 Å². The number of benzene rings is 1. The monoisotopic (exact) mass is 416 g/mol. The number of nitrogens with two attached hydrogens (primary N) is 1. The van der Waals surface area contributed by atoms with Crippen molar-refractivity contribution in [2.24, 2.45) is 10.7 Å². The predicted octanol–water partition coefficient (Wildman–Crippen LogP) is 3.14. The number of pyridine rings is 1. The minimum Gasteiger partial charge on any atom is -0.456 e. The topological polar surface area (TPSA) is 101 Å². The van der Waals surface area contributed by atoms with Gasteiger partial charge in [-0.15, -0.1) is 0 Å². The van der Waals surface area contributed by atoms with Crippen LogP contribution in [-0.4, -0.2) is 35.2 Å². The third-order valence-electron chi connectivity index (χ3n) is 5.00. The van der Waals surface area contributed by atoms with Crippen molar-refractivity contribution in [1.29, 1.82) is 5.26 Å². The van der Waals surface area contributed by atoms with Gasteiger partial charge in [-0.3, -0.25) is 9.78 Å².